The van der Waals surface area contributed by atoms with Gasteiger partial charge in [-0.3, -0.25) is 15.0 Å². The number of anilines is 1. The molecule has 1 N–H and O–H groups in total. The molecule has 0 bridgehead atoms. The van der Waals surface area contributed by atoms with E-state index in [1.54, 1.807) is 31.2 Å². The van der Waals surface area contributed by atoms with E-state index in [-0.39, 0.29) is 5.71 Å². The molecule has 2 atom stereocenters. The largest absolute Gasteiger partial charge is 0.464 e. The SMILES string of the molecule is COC(=O)C1=NN[C@@]2(C)C(=O)N(c3ccc(Br)cc3)C(=O)[C@H]12. The Hall–Kier alpha value is -2.22. The standard InChI is InChI=1S/C14H12BrN3O4/c1-14-9(10(16-17-14)12(20)22-2)11(19)18(13(14)21)8-5-3-7(15)4-6-8/h3-6,9,17H,1-2H3/t9-,14+/m0/s1. The number of hydrogen-bond donors (Lipinski definition) is 1. The minimum Gasteiger partial charge on any atom is -0.464 e. The number of carbonyl (C=O) groups excluding carboxylic acids is 3. The van der Waals surface area contributed by atoms with E-state index in [1.807, 2.05) is 0 Å². The van der Waals surface area contributed by atoms with E-state index < -0.39 is 29.2 Å². The molecule has 2 heterocycles. The minimum atomic E-state index is -1.27. The van der Waals surface area contributed by atoms with E-state index in [2.05, 4.69) is 31.2 Å². The Morgan fingerprint density at radius 2 is 2.00 bits per heavy atom. The molecule has 8 heteroatoms. The molecule has 1 aromatic rings. The summed E-state index contributed by atoms with van der Waals surface area (Å²) in [6, 6.07) is 6.77. The van der Waals surface area contributed by atoms with Crippen LogP contribution in [0.2, 0.25) is 0 Å². The quantitative estimate of drug-likeness (QED) is 0.619. The van der Waals surface area contributed by atoms with Crippen molar-refractivity contribution in [2.75, 3.05) is 12.0 Å². The van der Waals surface area contributed by atoms with Crippen molar-refractivity contribution in [2.45, 2.75) is 12.5 Å². The lowest BCUT2D eigenvalue weighted by Gasteiger charge is -2.20. The van der Waals surface area contributed by atoms with Gasteiger partial charge in [-0.05, 0) is 31.2 Å². The van der Waals surface area contributed by atoms with Crippen molar-refractivity contribution in [3.8, 4) is 0 Å². The Morgan fingerprint density at radius 3 is 2.59 bits per heavy atom. The van der Waals surface area contributed by atoms with E-state index in [9.17, 15) is 14.4 Å². The number of hydrazone groups is 1. The molecule has 0 radical (unpaired) electrons. The molecule has 2 amide bonds. The summed E-state index contributed by atoms with van der Waals surface area (Å²) in [5, 5.41) is 3.82. The summed E-state index contributed by atoms with van der Waals surface area (Å²) in [5.74, 6) is -2.66. The Bertz CT molecular complexity index is 715. The number of benzene rings is 1. The van der Waals surface area contributed by atoms with Gasteiger partial charge in [0.2, 0.25) is 5.91 Å². The highest BCUT2D eigenvalue weighted by Crippen LogP contribution is 2.38. The van der Waals surface area contributed by atoms with E-state index in [0.29, 0.717) is 5.69 Å². The van der Waals surface area contributed by atoms with Crippen LogP contribution in [0.4, 0.5) is 5.69 Å². The zero-order valence-corrected chi connectivity index (χ0v) is 13.4. The highest BCUT2D eigenvalue weighted by atomic mass is 79.9. The third kappa shape index (κ3) is 1.87. The first-order valence-electron chi connectivity index (χ1n) is 6.47. The molecule has 0 aliphatic carbocycles. The average molecular weight is 366 g/mol. The number of nitrogens with one attached hydrogen (secondary N) is 1. The highest BCUT2D eigenvalue weighted by molar-refractivity contribution is 9.10. The first kappa shape index (κ1) is 14.7. The molecule has 0 spiro atoms. The maximum absolute atomic E-state index is 12.7. The number of nitrogens with zero attached hydrogens (tertiary/aromatic N) is 2. The van der Waals surface area contributed by atoms with Crippen LogP contribution in [0.5, 0.6) is 0 Å². The van der Waals surface area contributed by atoms with Gasteiger partial charge in [-0.25, -0.2) is 9.69 Å². The summed E-state index contributed by atoms with van der Waals surface area (Å²) >= 11 is 3.30. The second-order valence-electron chi connectivity index (χ2n) is 5.19. The van der Waals surface area contributed by atoms with Gasteiger partial charge in [0.15, 0.2) is 5.71 Å². The fraction of sp³-hybridized carbons (Fsp3) is 0.286. The molecule has 114 valence electrons. The smallest absolute Gasteiger partial charge is 0.355 e. The molecule has 7 nitrogen and oxygen atoms in total. The van der Waals surface area contributed by atoms with Crippen LogP contribution in [0, 0.1) is 5.92 Å². The number of imide groups is 1. The lowest BCUT2D eigenvalue weighted by Crippen LogP contribution is -2.48. The highest BCUT2D eigenvalue weighted by Gasteiger charge is 2.63. The van der Waals surface area contributed by atoms with Gasteiger partial charge in [0.05, 0.1) is 12.8 Å². The summed E-state index contributed by atoms with van der Waals surface area (Å²) in [7, 11) is 1.20. The maximum atomic E-state index is 12.7. The van der Waals surface area contributed by atoms with E-state index in [1.165, 1.54) is 7.11 Å². The number of hydrogen-bond acceptors (Lipinski definition) is 6. The van der Waals surface area contributed by atoms with Crippen molar-refractivity contribution in [3.05, 3.63) is 28.7 Å². The number of amides is 2. The van der Waals surface area contributed by atoms with Crippen LogP contribution in [0.15, 0.2) is 33.8 Å². The van der Waals surface area contributed by atoms with Gasteiger partial charge in [-0.2, -0.15) is 5.10 Å². The molecule has 2 aliphatic rings. The number of carbonyl (C=O) groups is 3. The van der Waals surface area contributed by atoms with Crippen LogP contribution in [-0.4, -0.2) is 36.1 Å². The molecule has 3 rings (SSSR count). The van der Waals surface area contributed by atoms with Crippen molar-refractivity contribution in [1.29, 1.82) is 0 Å². The zero-order valence-electron chi connectivity index (χ0n) is 11.8. The lowest BCUT2D eigenvalue weighted by molar-refractivity contribution is -0.133. The monoisotopic (exact) mass is 365 g/mol. The summed E-state index contributed by atoms with van der Waals surface area (Å²) in [6.45, 7) is 1.55. The summed E-state index contributed by atoms with van der Waals surface area (Å²) < 4.78 is 5.46. The first-order valence-corrected chi connectivity index (χ1v) is 7.26. The predicted octanol–water partition coefficient (Wildman–Crippen LogP) is 0.829. The third-order valence-electron chi connectivity index (χ3n) is 3.85. The van der Waals surface area contributed by atoms with Crippen molar-refractivity contribution < 1.29 is 19.1 Å². The van der Waals surface area contributed by atoms with Gasteiger partial charge in [0.25, 0.3) is 5.91 Å². The topological polar surface area (TPSA) is 88.1 Å². The van der Waals surface area contributed by atoms with Crippen LogP contribution in [0.25, 0.3) is 0 Å². The van der Waals surface area contributed by atoms with Crippen LogP contribution < -0.4 is 10.3 Å². The van der Waals surface area contributed by atoms with Crippen LogP contribution in [0.3, 0.4) is 0 Å². The van der Waals surface area contributed by atoms with Crippen LogP contribution >= 0.6 is 15.9 Å². The number of ether oxygens (including phenoxy) is 1. The number of rotatable bonds is 2. The Morgan fingerprint density at radius 1 is 1.36 bits per heavy atom. The van der Waals surface area contributed by atoms with Crippen LogP contribution in [0.1, 0.15) is 6.92 Å². The first-order chi connectivity index (χ1) is 10.4. The maximum Gasteiger partial charge on any atom is 0.355 e. The van der Waals surface area contributed by atoms with Crippen molar-refractivity contribution in [3.63, 3.8) is 0 Å². The molecular formula is C14H12BrN3O4. The fourth-order valence-corrected chi connectivity index (χ4v) is 2.94. The van der Waals surface area contributed by atoms with Crippen molar-refractivity contribution >= 4 is 45.1 Å². The molecule has 1 aromatic carbocycles. The van der Waals surface area contributed by atoms with Crippen molar-refractivity contribution in [2.24, 2.45) is 11.0 Å². The van der Waals surface area contributed by atoms with E-state index in [0.717, 1.165) is 9.37 Å². The zero-order chi connectivity index (χ0) is 16.1. The third-order valence-corrected chi connectivity index (χ3v) is 4.38. The van der Waals surface area contributed by atoms with E-state index in [4.69, 9.17) is 0 Å². The summed E-state index contributed by atoms with van der Waals surface area (Å²) in [6.07, 6.45) is 0. The van der Waals surface area contributed by atoms with Gasteiger partial charge in [0.1, 0.15) is 11.5 Å². The number of halogens is 1. The average Bonchev–Trinajstić information content (AvgIpc) is 2.95. The second-order valence-corrected chi connectivity index (χ2v) is 6.11. The number of fused-ring (bicyclic) bond motifs is 1. The van der Waals surface area contributed by atoms with Gasteiger partial charge < -0.3 is 4.74 Å². The normalized spacial score (nSPS) is 26.6. The van der Waals surface area contributed by atoms with Crippen LogP contribution in [-0.2, 0) is 19.1 Å². The Balaban J connectivity index is 2.03. The molecular weight excluding hydrogens is 354 g/mol. The summed E-state index contributed by atoms with van der Waals surface area (Å²) in [4.78, 5) is 38.2. The molecule has 0 unspecified atom stereocenters. The fourth-order valence-electron chi connectivity index (χ4n) is 2.68. The molecule has 1 fully saturated rings. The van der Waals surface area contributed by atoms with Gasteiger partial charge >= 0.3 is 5.97 Å². The van der Waals surface area contributed by atoms with Gasteiger partial charge in [0, 0.05) is 4.47 Å². The van der Waals surface area contributed by atoms with Crippen molar-refractivity contribution in [1.82, 2.24) is 5.43 Å². The molecule has 2 aliphatic heterocycles. The van der Waals surface area contributed by atoms with Gasteiger partial charge in [-0.1, -0.05) is 15.9 Å². The minimum absolute atomic E-state index is 0.0806. The lowest BCUT2D eigenvalue weighted by atomic mass is 9.86. The summed E-state index contributed by atoms with van der Waals surface area (Å²) in [5.41, 5.74) is 1.71. The number of methoxy groups -OCH3 is 1. The molecule has 0 aromatic heterocycles. The Kier molecular flexibility index (Phi) is 3.28. The second kappa shape index (κ2) is 4.91. The van der Waals surface area contributed by atoms with E-state index >= 15 is 0 Å². The molecule has 22 heavy (non-hydrogen) atoms. The predicted molar refractivity (Wildman–Crippen MR) is 81.1 cm³/mol. The Labute approximate surface area is 134 Å². The van der Waals surface area contributed by atoms with Gasteiger partial charge in [-0.15, -0.1) is 0 Å². The number of esters is 1. The molecule has 0 saturated carbocycles. The molecule has 1 saturated heterocycles.